The fourth-order valence-corrected chi connectivity index (χ4v) is 2.51. The first-order valence-corrected chi connectivity index (χ1v) is 7.11. The number of hydrogen-bond acceptors (Lipinski definition) is 3. The summed E-state index contributed by atoms with van der Waals surface area (Å²) in [5.41, 5.74) is 8.75. The van der Waals surface area contributed by atoms with Crippen molar-refractivity contribution in [1.82, 2.24) is 9.55 Å². The second-order valence-electron chi connectivity index (χ2n) is 6.43. The van der Waals surface area contributed by atoms with Gasteiger partial charge in [-0.2, -0.15) is 0 Å². The van der Waals surface area contributed by atoms with Gasteiger partial charge in [0.2, 0.25) is 0 Å². The van der Waals surface area contributed by atoms with Crippen LogP contribution in [0.5, 0.6) is 0 Å². The molecule has 1 aromatic heterocycles. The van der Waals surface area contributed by atoms with Gasteiger partial charge in [0.1, 0.15) is 5.82 Å². The summed E-state index contributed by atoms with van der Waals surface area (Å²) in [6.45, 7) is 9.54. The number of imidazole rings is 1. The average Bonchev–Trinajstić information content (AvgIpc) is 2.74. The van der Waals surface area contributed by atoms with E-state index in [9.17, 15) is 0 Å². The van der Waals surface area contributed by atoms with Gasteiger partial charge in [0.25, 0.3) is 0 Å². The van der Waals surface area contributed by atoms with Gasteiger partial charge in [-0.1, -0.05) is 20.8 Å². The molecule has 20 heavy (non-hydrogen) atoms. The number of hydrogen-bond donors (Lipinski definition) is 1. The summed E-state index contributed by atoms with van der Waals surface area (Å²) < 4.78 is 7.54. The van der Waals surface area contributed by atoms with Crippen LogP contribution in [0.25, 0.3) is 11.0 Å². The Morgan fingerprint density at radius 1 is 1.35 bits per heavy atom. The Balaban J connectivity index is 2.58. The molecule has 0 aliphatic carbocycles. The summed E-state index contributed by atoms with van der Waals surface area (Å²) in [6.07, 6.45) is 0.968. The van der Waals surface area contributed by atoms with Gasteiger partial charge in [-0.15, -0.1) is 0 Å². The van der Waals surface area contributed by atoms with Crippen molar-refractivity contribution in [2.45, 2.75) is 45.6 Å². The molecule has 0 fully saturated rings. The molecule has 2 rings (SSSR count). The molecule has 0 saturated carbocycles. The molecule has 0 bridgehead atoms. The lowest BCUT2D eigenvalue weighted by molar-refractivity contribution is 0.180. The highest BCUT2D eigenvalue weighted by molar-refractivity contribution is 5.80. The van der Waals surface area contributed by atoms with Gasteiger partial charge in [0, 0.05) is 30.9 Å². The van der Waals surface area contributed by atoms with Gasteiger partial charge in [-0.3, -0.25) is 0 Å². The molecule has 1 unspecified atom stereocenters. The van der Waals surface area contributed by atoms with Crippen LogP contribution in [0.2, 0.25) is 0 Å². The van der Waals surface area contributed by atoms with Crippen molar-refractivity contribution in [3.8, 4) is 0 Å². The van der Waals surface area contributed by atoms with E-state index in [2.05, 4.69) is 38.3 Å². The lowest BCUT2D eigenvalue weighted by Crippen LogP contribution is -2.21. The van der Waals surface area contributed by atoms with Crippen LogP contribution in [0, 0.1) is 0 Å². The lowest BCUT2D eigenvalue weighted by atomic mass is 9.95. The normalized spacial score (nSPS) is 13.8. The topological polar surface area (TPSA) is 53.1 Å². The molecule has 2 aromatic rings. The summed E-state index contributed by atoms with van der Waals surface area (Å²) >= 11 is 0. The monoisotopic (exact) mass is 275 g/mol. The summed E-state index contributed by atoms with van der Waals surface area (Å²) in [7, 11) is 1.74. The Kier molecular flexibility index (Phi) is 4.04. The van der Waals surface area contributed by atoms with Crippen LogP contribution in [0.1, 0.15) is 46.0 Å². The third kappa shape index (κ3) is 2.80. The zero-order valence-corrected chi connectivity index (χ0v) is 13.1. The number of fused-ring (bicyclic) bond motifs is 1. The maximum absolute atomic E-state index is 5.88. The summed E-state index contributed by atoms with van der Waals surface area (Å²) in [5.74, 6) is 1.10. The van der Waals surface area contributed by atoms with Gasteiger partial charge < -0.3 is 15.0 Å². The largest absolute Gasteiger partial charge is 0.399 e. The number of ether oxygens (including phenoxy) is 1. The highest BCUT2D eigenvalue weighted by Crippen LogP contribution is 2.31. The molecule has 110 valence electrons. The van der Waals surface area contributed by atoms with Crippen molar-refractivity contribution >= 4 is 16.7 Å². The van der Waals surface area contributed by atoms with E-state index >= 15 is 0 Å². The highest BCUT2D eigenvalue weighted by Gasteiger charge is 2.25. The van der Waals surface area contributed by atoms with Gasteiger partial charge in [-0.05, 0) is 31.5 Å². The fourth-order valence-electron chi connectivity index (χ4n) is 2.51. The van der Waals surface area contributed by atoms with Crippen LogP contribution >= 0.6 is 0 Å². The molecular weight excluding hydrogens is 250 g/mol. The first kappa shape index (κ1) is 14.9. The number of aromatic nitrogens is 2. The molecule has 0 spiro atoms. The third-order valence-electron chi connectivity index (χ3n) is 3.56. The Hall–Kier alpha value is -1.55. The van der Waals surface area contributed by atoms with Crippen molar-refractivity contribution in [2.75, 3.05) is 19.5 Å². The van der Waals surface area contributed by atoms with Crippen LogP contribution < -0.4 is 5.73 Å². The Bertz CT molecular complexity index is 596. The van der Waals surface area contributed by atoms with Gasteiger partial charge in [-0.25, -0.2) is 4.98 Å². The SMILES string of the molecule is COCCC(C)n1c(C(C)(C)C)nc2cc(N)ccc21. The molecule has 0 aliphatic rings. The smallest absolute Gasteiger partial charge is 0.115 e. The maximum atomic E-state index is 5.88. The van der Waals surface area contributed by atoms with Gasteiger partial charge in [0.05, 0.1) is 11.0 Å². The van der Waals surface area contributed by atoms with E-state index in [0.29, 0.717) is 6.04 Å². The number of nitrogens with zero attached hydrogens (tertiary/aromatic N) is 2. The first-order valence-electron chi connectivity index (χ1n) is 7.11. The quantitative estimate of drug-likeness (QED) is 0.869. The van der Waals surface area contributed by atoms with E-state index in [1.165, 1.54) is 0 Å². The predicted octanol–water partition coefficient (Wildman–Crippen LogP) is 3.51. The van der Waals surface area contributed by atoms with Crippen LogP contribution in [0.3, 0.4) is 0 Å². The standard InChI is InChI=1S/C16H25N3O/c1-11(8-9-20-5)19-14-7-6-12(17)10-13(14)18-15(19)16(2,3)4/h6-7,10-11H,8-9,17H2,1-5H3. The van der Waals surface area contributed by atoms with Crippen molar-refractivity contribution in [1.29, 1.82) is 0 Å². The van der Waals surface area contributed by atoms with E-state index in [0.717, 1.165) is 35.6 Å². The van der Waals surface area contributed by atoms with Crippen molar-refractivity contribution in [3.05, 3.63) is 24.0 Å². The van der Waals surface area contributed by atoms with Gasteiger partial charge >= 0.3 is 0 Å². The van der Waals surface area contributed by atoms with E-state index in [1.807, 2.05) is 12.1 Å². The molecule has 4 heteroatoms. The zero-order chi connectivity index (χ0) is 14.9. The number of methoxy groups -OCH3 is 1. The van der Waals surface area contributed by atoms with Crippen molar-refractivity contribution < 1.29 is 4.74 Å². The number of nitrogens with two attached hydrogens (primary N) is 1. The number of anilines is 1. The average molecular weight is 275 g/mol. The third-order valence-corrected chi connectivity index (χ3v) is 3.56. The van der Waals surface area contributed by atoms with Gasteiger partial charge in [0.15, 0.2) is 0 Å². The molecule has 0 radical (unpaired) electrons. The van der Waals surface area contributed by atoms with E-state index in [1.54, 1.807) is 7.11 Å². The van der Waals surface area contributed by atoms with Crippen molar-refractivity contribution in [3.63, 3.8) is 0 Å². The predicted molar refractivity (Wildman–Crippen MR) is 84.0 cm³/mol. The minimum Gasteiger partial charge on any atom is -0.399 e. The summed E-state index contributed by atoms with van der Waals surface area (Å²) in [6, 6.07) is 6.30. The lowest BCUT2D eigenvalue weighted by Gasteiger charge is -2.24. The number of benzene rings is 1. The molecule has 1 atom stereocenters. The molecule has 4 nitrogen and oxygen atoms in total. The zero-order valence-electron chi connectivity index (χ0n) is 13.1. The fraction of sp³-hybridized carbons (Fsp3) is 0.562. The maximum Gasteiger partial charge on any atom is 0.115 e. The molecule has 0 saturated heterocycles. The Morgan fingerprint density at radius 3 is 2.65 bits per heavy atom. The Labute approximate surface area is 120 Å². The first-order chi connectivity index (χ1) is 9.34. The highest BCUT2D eigenvalue weighted by atomic mass is 16.5. The molecule has 2 N–H and O–H groups in total. The second-order valence-corrected chi connectivity index (χ2v) is 6.43. The summed E-state index contributed by atoms with van der Waals surface area (Å²) in [5, 5.41) is 0. The summed E-state index contributed by atoms with van der Waals surface area (Å²) in [4.78, 5) is 4.82. The molecule has 0 aliphatic heterocycles. The van der Waals surface area contributed by atoms with Crippen LogP contribution in [-0.4, -0.2) is 23.3 Å². The molecule has 1 aromatic carbocycles. The molecule has 0 amide bonds. The Morgan fingerprint density at radius 2 is 2.05 bits per heavy atom. The minimum atomic E-state index is -0.00485. The molecule has 1 heterocycles. The second kappa shape index (κ2) is 5.44. The minimum absolute atomic E-state index is 0.00485. The van der Waals surface area contributed by atoms with E-state index in [4.69, 9.17) is 15.5 Å². The van der Waals surface area contributed by atoms with E-state index < -0.39 is 0 Å². The van der Waals surface area contributed by atoms with Crippen LogP contribution in [0.4, 0.5) is 5.69 Å². The van der Waals surface area contributed by atoms with Crippen LogP contribution in [-0.2, 0) is 10.2 Å². The van der Waals surface area contributed by atoms with E-state index in [-0.39, 0.29) is 5.41 Å². The molecular formula is C16H25N3O. The van der Waals surface area contributed by atoms with Crippen LogP contribution in [0.15, 0.2) is 18.2 Å². The number of nitrogen functional groups attached to an aromatic ring is 1. The number of rotatable bonds is 4. The van der Waals surface area contributed by atoms with Crippen molar-refractivity contribution in [2.24, 2.45) is 0 Å².